The fraction of sp³-hybridized carbons (Fsp3) is 0.909. The third-order valence-electron chi connectivity index (χ3n) is 2.59. The van der Waals surface area contributed by atoms with Crippen LogP contribution in [0.25, 0.3) is 0 Å². The highest BCUT2D eigenvalue weighted by atomic mass is 32.2. The van der Waals surface area contributed by atoms with Crippen molar-refractivity contribution in [2.45, 2.75) is 37.5 Å². The van der Waals surface area contributed by atoms with E-state index >= 15 is 0 Å². The van der Waals surface area contributed by atoms with E-state index in [2.05, 4.69) is 12.2 Å². The van der Waals surface area contributed by atoms with Crippen LogP contribution in [0.15, 0.2) is 0 Å². The van der Waals surface area contributed by atoms with Crippen LogP contribution in [-0.4, -0.2) is 48.4 Å². The summed E-state index contributed by atoms with van der Waals surface area (Å²) >= 11 is 1.76. The fourth-order valence-electron chi connectivity index (χ4n) is 1.50. The molecule has 0 saturated heterocycles. The van der Waals surface area contributed by atoms with Gasteiger partial charge in [0, 0.05) is 11.9 Å². The number of carbonyl (C=O) groups is 1. The second-order valence-corrected chi connectivity index (χ2v) is 5.58. The zero-order valence-corrected chi connectivity index (χ0v) is 11.4. The van der Waals surface area contributed by atoms with Crippen LogP contribution in [0.4, 0.5) is 0 Å². The molecule has 0 bridgehead atoms. The Bertz CT molecular complexity index is 213. The van der Waals surface area contributed by atoms with E-state index in [1.54, 1.807) is 18.8 Å². The Balaban J connectivity index is 4.14. The third kappa shape index (κ3) is 5.18. The molecule has 2 unspecified atom stereocenters. The highest BCUT2D eigenvalue weighted by Crippen LogP contribution is 2.23. The molecule has 96 valence electrons. The molecule has 0 radical (unpaired) electrons. The average Bonchev–Trinajstić information content (AvgIpc) is 2.28. The predicted octanol–water partition coefficient (Wildman–Crippen LogP) is 1.03. The van der Waals surface area contributed by atoms with Crippen molar-refractivity contribution in [2.24, 2.45) is 0 Å². The number of likely N-dealkylation sites (N-methyl/N-ethyl adjacent to an activating group) is 1. The van der Waals surface area contributed by atoms with E-state index in [1.165, 1.54) is 7.11 Å². The number of thioether (sulfide) groups is 1. The molecule has 5 heteroatoms. The summed E-state index contributed by atoms with van der Waals surface area (Å²) in [5, 5.41) is 12.0. The Morgan fingerprint density at radius 3 is 2.69 bits per heavy atom. The van der Waals surface area contributed by atoms with E-state index < -0.39 is 5.54 Å². The van der Waals surface area contributed by atoms with Gasteiger partial charge in [-0.25, -0.2) is 0 Å². The van der Waals surface area contributed by atoms with Gasteiger partial charge in [0.2, 0.25) is 0 Å². The van der Waals surface area contributed by atoms with E-state index in [1.807, 2.05) is 6.92 Å². The van der Waals surface area contributed by atoms with E-state index in [0.29, 0.717) is 11.7 Å². The number of hydrogen-bond acceptors (Lipinski definition) is 5. The van der Waals surface area contributed by atoms with E-state index in [9.17, 15) is 4.79 Å². The number of esters is 1. The third-order valence-corrected chi connectivity index (χ3v) is 3.85. The molecule has 0 aliphatic heterocycles. The van der Waals surface area contributed by atoms with Gasteiger partial charge in [-0.3, -0.25) is 4.79 Å². The van der Waals surface area contributed by atoms with Crippen molar-refractivity contribution in [1.29, 1.82) is 0 Å². The molecule has 0 amide bonds. The maximum Gasteiger partial charge on any atom is 0.325 e. The summed E-state index contributed by atoms with van der Waals surface area (Å²) in [5.74, 6) is 0.683. The molecule has 0 rings (SSSR count). The SMILES string of the molecule is CNC(C)(CC(C)SCCCO)C(=O)OC. The van der Waals surface area contributed by atoms with Crippen LogP contribution >= 0.6 is 11.8 Å². The number of aliphatic hydroxyl groups excluding tert-OH is 1. The number of rotatable bonds is 8. The molecule has 2 atom stereocenters. The van der Waals surface area contributed by atoms with Gasteiger partial charge in [0.25, 0.3) is 0 Å². The molecule has 0 aliphatic carbocycles. The zero-order chi connectivity index (χ0) is 12.6. The van der Waals surface area contributed by atoms with Gasteiger partial charge in [0.15, 0.2) is 0 Å². The van der Waals surface area contributed by atoms with Crippen molar-refractivity contribution >= 4 is 17.7 Å². The second kappa shape index (κ2) is 7.92. The Labute approximate surface area is 102 Å². The fourth-order valence-corrected chi connectivity index (χ4v) is 2.64. The second-order valence-electron chi connectivity index (χ2n) is 4.04. The molecule has 0 aromatic rings. The summed E-state index contributed by atoms with van der Waals surface area (Å²) in [4.78, 5) is 11.6. The Kier molecular flexibility index (Phi) is 7.80. The van der Waals surface area contributed by atoms with Crippen LogP contribution in [0.1, 0.15) is 26.7 Å². The first-order valence-electron chi connectivity index (χ1n) is 5.50. The smallest absolute Gasteiger partial charge is 0.325 e. The first-order valence-corrected chi connectivity index (χ1v) is 6.55. The van der Waals surface area contributed by atoms with Crippen molar-refractivity contribution in [3.63, 3.8) is 0 Å². The quantitative estimate of drug-likeness (QED) is 0.497. The largest absolute Gasteiger partial charge is 0.468 e. The molecule has 2 N–H and O–H groups in total. The molecular formula is C11H23NO3S. The lowest BCUT2D eigenvalue weighted by Crippen LogP contribution is -2.49. The summed E-state index contributed by atoms with van der Waals surface area (Å²) < 4.78 is 4.78. The zero-order valence-electron chi connectivity index (χ0n) is 10.6. The van der Waals surface area contributed by atoms with Gasteiger partial charge in [0.05, 0.1) is 7.11 Å². The minimum absolute atomic E-state index is 0.222. The Hall–Kier alpha value is -0.260. The standard InChI is InChI=1S/C11H23NO3S/c1-9(16-7-5-6-13)8-11(2,12-3)10(14)15-4/h9,12-13H,5-8H2,1-4H3. The van der Waals surface area contributed by atoms with Crippen LogP contribution in [0, 0.1) is 0 Å². The van der Waals surface area contributed by atoms with Gasteiger partial charge >= 0.3 is 5.97 Å². The highest BCUT2D eigenvalue weighted by Gasteiger charge is 2.34. The maximum absolute atomic E-state index is 11.6. The van der Waals surface area contributed by atoms with E-state index in [0.717, 1.165) is 12.2 Å². The number of methoxy groups -OCH3 is 1. The topological polar surface area (TPSA) is 58.6 Å². The minimum Gasteiger partial charge on any atom is -0.468 e. The first-order chi connectivity index (χ1) is 7.50. The van der Waals surface area contributed by atoms with Crippen LogP contribution in [-0.2, 0) is 9.53 Å². The highest BCUT2D eigenvalue weighted by molar-refractivity contribution is 7.99. The minimum atomic E-state index is -0.625. The first kappa shape index (κ1) is 15.7. The van der Waals surface area contributed by atoms with Gasteiger partial charge in [-0.05, 0) is 32.6 Å². The number of nitrogens with one attached hydrogen (secondary N) is 1. The van der Waals surface area contributed by atoms with Gasteiger partial charge in [-0.15, -0.1) is 0 Å². The maximum atomic E-state index is 11.6. The molecule has 0 heterocycles. The number of carbonyl (C=O) groups excluding carboxylic acids is 1. The Morgan fingerprint density at radius 1 is 1.62 bits per heavy atom. The monoisotopic (exact) mass is 249 g/mol. The summed E-state index contributed by atoms with van der Waals surface area (Å²) in [7, 11) is 3.17. The lowest BCUT2D eigenvalue weighted by atomic mass is 9.96. The van der Waals surface area contributed by atoms with Crippen LogP contribution < -0.4 is 5.32 Å². The summed E-state index contributed by atoms with van der Waals surface area (Å²) in [6, 6.07) is 0. The van der Waals surface area contributed by atoms with Crippen molar-refractivity contribution < 1.29 is 14.6 Å². The summed E-state index contributed by atoms with van der Waals surface area (Å²) in [6.07, 6.45) is 1.51. The molecule has 0 aromatic heterocycles. The van der Waals surface area contributed by atoms with Gasteiger partial charge in [-0.1, -0.05) is 6.92 Å². The molecule has 0 saturated carbocycles. The van der Waals surface area contributed by atoms with Crippen LogP contribution in [0.2, 0.25) is 0 Å². The molecular weight excluding hydrogens is 226 g/mol. The molecule has 16 heavy (non-hydrogen) atoms. The summed E-state index contributed by atoms with van der Waals surface area (Å²) in [5.41, 5.74) is -0.625. The van der Waals surface area contributed by atoms with Crippen molar-refractivity contribution in [3.05, 3.63) is 0 Å². The number of hydrogen-bond donors (Lipinski definition) is 2. The molecule has 0 aromatic carbocycles. The molecule has 0 aliphatic rings. The van der Waals surface area contributed by atoms with Crippen molar-refractivity contribution in [2.75, 3.05) is 26.5 Å². The van der Waals surface area contributed by atoms with Crippen molar-refractivity contribution in [1.82, 2.24) is 5.32 Å². The Morgan fingerprint density at radius 2 is 2.25 bits per heavy atom. The number of ether oxygens (including phenoxy) is 1. The average molecular weight is 249 g/mol. The van der Waals surface area contributed by atoms with Gasteiger partial charge in [-0.2, -0.15) is 11.8 Å². The molecule has 0 fully saturated rings. The lowest BCUT2D eigenvalue weighted by Gasteiger charge is -2.28. The lowest BCUT2D eigenvalue weighted by molar-refractivity contribution is -0.147. The van der Waals surface area contributed by atoms with Crippen molar-refractivity contribution in [3.8, 4) is 0 Å². The molecule has 4 nitrogen and oxygen atoms in total. The van der Waals surface area contributed by atoms with Crippen LogP contribution in [0.3, 0.4) is 0 Å². The normalized spacial score (nSPS) is 16.6. The molecule has 0 spiro atoms. The van der Waals surface area contributed by atoms with Gasteiger partial charge in [0.1, 0.15) is 5.54 Å². The number of aliphatic hydroxyl groups is 1. The predicted molar refractivity (Wildman–Crippen MR) is 67.7 cm³/mol. The van der Waals surface area contributed by atoms with Gasteiger partial charge < -0.3 is 15.2 Å². The summed E-state index contributed by atoms with van der Waals surface area (Å²) in [6.45, 7) is 4.16. The van der Waals surface area contributed by atoms with E-state index in [-0.39, 0.29) is 12.6 Å². The van der Waals surface area contributed by atoms with E-state index in [4.69, 9.17) is 9.84 Å². The van der Waals surface area contributed by atoms with Crippen LogP contribution in [0.5, 0.6) is 0 Å².